The zero-order valence-electron chi connectivity index (χ0n) is 18.4. The summed E-state index contributed by atoms with van der Waals surface area (Å²) in [6.07, 6.45) is 2.84. The van der Waals surface area contributed by atoms with Crippen LogP contribution in [0.25, 0.3) is 0 Å². The normalized spacial score (nSPS) is 15.0. The zero-order valence-corrected chi connectivity index (χ0v) is 18.4. The van der Waals surface area contributed by atoms with Crippen LogP contribution in [0.2, 0.25) is 0 Å². The number of nitrogens with two attached hydrogens (primary N) is 1. The molecule has 1 fully saturated rings. The Bertz CT molecular complexity index is 658. The van der Waals surface area contributed by atoms with Crippen LogP contribution in [0.4, 0.5) is 4.79 Å². The van der Waals surface area contributed by atoms with Crippen molar-refractivity contribution in [2.75, 3.05) is 19.6 Å². The van der Waals surface area contributed by atoms with Crippen molar-refractivity contribution in [1.82, 2.24) is 20.9 Å². The van der Waals surface area contributed by atoms with E-state index in [1.54, 1.807) is 27.7 Å². The van der Waals surface area contributed by atoms with E-state index in [2.05, 4.69) is 16.0 Å². The maximum absolute atomic E-state index is 12.6. The van der Waals surface area contributed by atoms with Crippen molar-refractivity contribution in [3.05, 3.63) is 0 Å². The predicted molar refractivity (Wildman–Crippen MR) is 111 cm³/mol. The van der Waals surface area contributed by atoms with Crippen molar-refractivity contribution in [2.45, 2.75) is 71.8 Å². The summed E-state index contributed by atoms with van der Waals surface area (Å²) in [5.41, 5.74) is 3.26. The molecule has 10 heteroatoms. The molecule has 1 heterocycles. The number of nitrogens with zero attached hydrogens (tertiary/aromatic N) is 1. The molecule has 5 N–H and O–H groups in total. The highest BCUT2D eigenvalue weighted by Gasteiger charge is 2.43. The van der Waals surface area contributed by atoms with Crippen molar-refractivity contribution in [2.24, 2.45) is 11.1 Å². The minimum absolute atomic E-state index is 0.163. The molecule has 1 aliphatic heterocycles. The second-order valence-corrected chi connectivity index (χ2v) is 8.88. The van der Waals surface area contributed by atoms with E-state index in [0.717, 1.165) is 0 Å². The second-order valence-electron chi connectivity index (χ2n) is 8.88. The average Bonchev–Trinajstić information content (AvgIpc) is 2.60. The van der Waals surface area contributed by atoms with Crippen molar-refractivity contribution in [1.29, 1.82) is 0 Å². The van der Waals surface area contributed by atoms with Crippen molar-refractivity contribution in [3.8, 4) is 0 Å². The lowest BCUT2D eigenvalue weighted by atomic mass is 9.77. The number of amides is 6. The Morgan fingerprint density at radius 1 is 0.933 bits per heavy atom. The van der Waals surface area contributed by atoms with Crippen molar-refractivity contribution < 1.29 is 24.0 Å². The van der Waals surface area contributed by atoms with E-state index >= 15 is 0 Å². The first kappa shape index (κ1) is 25.4. The van der Waals surface area contributed by atoms with Gasteiger partial charge in [0.15, 0.2) is 0 Å². The molecule has 0 bridgehead atoms. The van der Waals surface area contributed by atoms with Gasteiger partial charge >= 0.3 is 6.03 Å². The number of imide groups is 1. The third-order valence-corrected chi connectivity index (χ3v) is 5.01. The summed E-state index contributed by atoms with van der Waals surface area (Å²) >= 11 is 0. The van der Waals surface area contributed by atoms with Crippen LogP contribution < -0.4 is 21.7 Å². The monoisotopic (exact) mass is 425 g/mol. The van der Waals surface area contributed by atoms with E-state index in [4.69, 9.17) is 5.73 Å². The highest BCUT2D eigenvalue weighted by molar-refractivity contribution is 5.98. The maximum Gasteiger partial charge on any atom is 0.312 e. The molecule has 0 aromatic heterocycles. The van der Waals surface area contributed by atoms with Gasteiger partial charge in [-0.3, -0.25) is 24.1 Å². The number of carbonyl (C=O) groups is 5. The van der Waals surface area contributed by atoms with Crippen molar-refractivity contribution >= 4 is 29.7 Å². The van der Waals surface area contributed by atoms with E-state index in [-0.39, 0.29) is 36.6 Å². The van der Waals surface area contributed by atoms with Crippen LogP contribution in [0.1, 0.15) is 66.2 Å². The topological polar surface area (TPSA) is 151 Å². The summed E-state index contributed by atoms with van der Waals surface area (Å²) in [5.74, 6) is -1.06. The first-order valence-electron chi connectivity index (χ1n) is 10.3. The van der Waals surface area contributed by atoms with Crippen LogP contribution in [0.3, 0.4) is 0 Å². The number of unbranched alkanes of at least 4 members (excludes halogenated alkanes) is 1. The summed E-state index contributed by atoms with van der Waals surface area (Å²) in [7, 11) is 0. The van der Waals surface area contributed by atoms with Gasteiger partial charge in [-0.25, -0.2) is 4.79 Å². The van der Waals surface area contributed by atoms with Gasteiger partial charge in [0.05, 0.1) is 6.54 Å². The minimum atomic E-state index is -0.887. The van der Waals surface area contributed by atoms with Gasteiger partial charge in [0.25, 0.3) is 0 Å². The van der Waals surface area contributed by atoms with E-state index < -0.39 is 17.0 Å². The molecule has 0 radical (unpaired) electrons. The fourth-order valence-corrected chi connectivity index (χ4v) is 3.82. The molecule has 1 rings (SSSR count). The lowest BCUT2D eigenvalue weighted by molar-refractivity contribution is -0.157. The summed E-state index contributed by atoms with van der Waals surface area (Å²) in [5, 5.41) is 7.78. The number of hydrogen-bond donors (Lipinski definition) is 4. The van der Waals surface area contributed by atoms with Crippen LogP contribution in [-0.2, 0) is 19.2 Å². The number of hydrogen-bond acceptors (Lipinski definition) is 5. The van der Waals surface area contributed by atoms with Crippen LogP contribution in [0.15, 0.2) is 0 Å². The molecule has 0 atom stereocenters. The zero-order chi connectivity index (χ0) is 22.9. The minimum Gasteiger partial charge on any atom is -0.355 e. The van der Waals surface area contributed by atoms with E-state index in [9.17, 15) is 24.0 Å². The van der Waals surface area contributed by atoms with Gasteiger partial charge in [-0.1, -0.05) is 13.8 Å². The number of urea groups is 1. The molecule has 0 unspecified atom stereocenters. The first-order valence-corrected chi connectivity index (χ1v) is 10.3. The predicted octanol–water partition coefficient (Wildman–Crippen LogP) is 0.401. The number of likely N-dealkylation sites (tertiary alicyclic amines) is 1. The Kier molecular flexibility index (Phi) is 9.25. The van der Waals surface area contributed by atoms with Gasteiger partial charge in [0.2, 0.25) is 23.6 Å². The average molecular weight is 426 g/mol. The van der Waals surface area contributed by atoms with Crippen LogP contribution >= 0.6 is 0 Å². The van der Waals surface area contributed by atoms with Gasteiger partial charge < -0.3 is 21.7 Å². The molecule has 0 aliphatic carbocycles. The molecule has 6 amide bonds. The van der Waals surface area contributed by atoms with E-state index in [1.165, 1.54) is 4.90 Å². The van der Waals surface area contributed by atoms with Crippen molar-refractivity contribution in [3.63, 3.8) is 0 Å². The molecule has 30 heavy (non-hydrogen) atoms. The summed E-state index contributed by atoms with van der Waals surface area (Å²) in [6, 6.07) is -0.582. The smallest absolute Gasteiger partial charge is 0.312 e. The maximum atomic E-state index is 12.6. The fraction of sp³-hybridized carbons (Fsp3) is 0.750. The van der Waals surface area contributed by atoms with E-state index in [0.29, 0.717) is 45.2 Å². The number of nitrogens with one attached hydrogen (secondary N) is 3. The third-order valence-electron chi connectivity index (χ3n) is 5.01. The van der Waals surface area contributed by atoms with E-state index in [1.807, 2.05) is 0 Å². The lowest BCUT2D eigenvalue weighted by Gasteiger charge is -2.43. The highest BCUT2D eigenvalue weighted by Crippen LogP contribution is 2.34. The van der Waals surface area contributed by atoms with Gasteiger partial charge in [-0.05, 0) is 39.5 Å². The van der Waals surface area contributed by atoms with Gasteiger partial charge in [0.1, 0.15) is 0 Å². The quantitative estimate of drug-likeness (QED) is 0.279. The Morgan fingerprint density at radius 2 is 1.47 bits per heavy atom. The Hall–Kier alpha value is -2.65. The summed E-state index contributed by atoms with van der Waals surface area (Å²) < 4.78 is 0. The molecule has 0 aromatic carbocycles. The Balaban J connectivity index is 2.46. The largest absolute Gasteiger partial charge is 0.355 e. The molecule has 0 saturated carbocycles. The highest BCUT2D eigenvalue weighted by atomic mass is 16.2. The molecular weight excluding hydrogens is 390 g/mol. The lowest BCUT2D eigenvalue weighted by Crippen LogP contribution is -2.56. The molecule has 170 valence electrons. The van der Waals surface area contributed by atoms with Gasteiger partial charge in [-0.15, -0.1) is 0 Å². The molecule has 0 aromatic rings. The first-order chi connectivity index (χ1) is 13.9. The standard InChI is InChI=1S/C20H35N5O5/c1-19(2,13-20(3,4)25-15(27)8-7-9-16(25)28)17(29)24-12-14(26)22-10-5-6-11-23-18(21)30/h5-13H2,1-4H3,(H,22,26)(H,24,29)(H3,21,23,30). The molecule has 0 spiro atoms. The second kappa shape index (κ2) is 10.9. The number of rotatable bonds is 11. The molecule has 1 aliphatic rings. The van der Waals surface area contributed by atoms with Crippen LogP contribution in [-0.4, -0.2) is 59.7 Å². The van der Waals surface area contributed by atoms with Crippen LogP contribution in [0.5, 0.6) is 0 Å². The number of carbonyl (C=O) groups excluding carboxylic acids is 5. The summed E-state index contributed by atoms with van der Waals surface area (Å²) in [4.78, 5) is 60.9. The molecular formula is C20H35N5O5. The summed E-state index contributed by atoms with van der Waals surface area (Å²) in [6.45, 7) is 7.72. The number of primary amides is 1. The Morgan fingerprint density at radius 3 is 2.00 bits per heavy atom. The Labute approximate surface area is 177 Å². The van der Waals surface area contributed by atoms with Gasteiger partial charge in [-0.2, -0.15) is 0 Å². The third kappa shape index (κ3) is 8.00. The SMILES string of the molecule is CC(C)(CC(C)(C)N1C(=O)CCCC1=O)C(=O)NCC(=O)NCCCCNC(N)=O. The van der Waals surface area contributed by atoms with Gasteiger partial charge in [0, 0.05) is 36.9 Å². The molecule has 10 nitrogen and oxygen atoms in total. The van der Waals surface area contributed by atoms with Crippen LogP contribution in [0, 0.1) is 5.41 Å². The number of piperidine rings is 1. The fourth-order valence-electron chi connectivity index (χ4n) is 3.82. The molecule has 1 saturated heterocycles.